The van der Waals surface area contributed by atoms with Crippen LogP contribution in [0, 0.1) is 5.92 Å². The van der Waals surface area contributed by atoms with Crippen LogP contribution in [-0.2, 0) is 11.3 Å². The van der Waals surface area contributed by atoms with Gasteiger partial charge in [-0.15, -0.1) is 0 Å². The molecule has 0 aromatic heterocycles. The first-order valence-corrected chi connectivity index (χ1v) is 8.93. The molecule has 4 heteroatoms. The normalized spacial score (nSPS) is 15.3. The largest absolute Gasteiger partial charge is 0.352 e. The number of piperidine rings is 1. The average Bonchev–Trinajstić information content (AvgIpc) is 2.62. The number of hydrogen-bond acceptors (Lipinski definition) is 3. The summed E-state index contributed by atoms with van der Waals surface area (Å²) < 4.78 is 0. The molecule has 1 heterocycles. The van der Waals surface area contributed by atoms with Crippen molar-refractivity contribution in [3.05, 3.63) is 60.2 Å². The molecule has 0 radical (unpaired) electrons. The predicted molar refractivity (Wildman–Crippen MR) is 94.4 cm³/mol. The van der Waals surface area contributed by atoms with Crippen LogP contribution in [0.2, 0.25) is 0 Å². The molecule has 120 valence electrons. The number of amides is 1. The fourth-order valence-corrected chi connectivity index (χ4v) is 3.56. The van der Waals surface area contributed by atoms with E-state index in [1.807, 2.05) is 18.2 Å². The molecule has 2 N–H and O–H groups in total. The molecule has 0 spiro atoms. The van der Waals surface area contributed by atoms with Crippen molar-refractivity contribution in [2.24, 2.45) is 5.92 Å². The number of nitrogens with one attached hydrogen (secondary N) is 2. The van der Waals surface area contributed by atoms with Crippen LogP contribution in [0.15, 0.2) is 64.4 Å². The third-order valence-electron chi connectivity index (χ3n) is 4.08. The molecular formula is C19H22N2OS. The topological polar surface area (TPSA) is 41.1 Å². The Morgan fingerprint density at radius 2 is 1.65 bits per heavy atom. The van der Waals surface area contributed by atoms with Crippen molar-refractivity contribution < 1.29 is 4.79 Å². The highest BCUT2D eigenvalue weighted by molar-refractivity contribution is 7.99. The minimum absolute atomic E-state index is 0.171. The molecule has 1 aliphatic heterocycles. The van der Waals surface area contributed by atoms with Crippen LogP contribution in [0.25, 0.3) is 0 Å². The highest BCUT2D eigenvalue weighted by atomic mass is 32.2. The molecule has 0 aliphatic carbocycles. The Labute approximate surface area is 141 Å². The maximum absolute atomic E-state index is 12.1. The van der Waals surface area contributed by atoms with Gasteiger partial charge in [-0.2, -0.15) is 0 Å². The second kappa shape index (κ2) is 8.18. The van der Waals surface area contributed by atoms with Gasteiger partial charge in [-0.3, -0.25) is 4.79 Å². The summed E-state index contributed by atoms with van der Waals surface area (Å²) in [5, 5.41) is 6.35. The third-order valence-corrected chi connectivity index (χ3v) is 5.09. The van der Waals surface area contributed by atoms with E-state index in [9.17, 15) is 4.79 Å². The molecule has 3 rings (SSSR count). The minimum atomic E-state index is 0.171. The zero-order valence-corrected chi connectivity index (χ0v) is 13.9. The van der Waals surface area contributed by atoms with Crippen molar-refractivity contribution in [3.63, 3.8) is 0 Å². The van der Waals surface area contributed by atoms with Gasteiger partial charge in [-0.1, -0.05) is 42.1 Å². The van der Waals surface area contributed by atoms with Crippen LogP contribution >= 0.6 is 11.8 Å². The maximum Gasteiger partial charge on any atom is 0.223 e. The Bertz CT molecular complexity index is 622. The van der Waals surface area contributed by atoms with Crippen molar-refractivity contribution in [1.82, 2.24) is 10.6 Å². The lowest BCUT2D eigenvalue weighted by Gasteiger charge is -2.21. The zero-order chi connectivity index (χ0) is 15.9. The van der Waals surface area contributed by atoms with Crippen molar-refractivity contribution >= 4 is 17.7 Å². The van der Waals surface area contributed by atoms with Crippen LogP contribution in [0.3, 0.4) is 0 Å². The number of rotatable bonds is 5. The van der Waals surface area contributed by atoms with Gasteiger partial charge < -0.3 is 10.6 Å². The van der Waals surface area contributed by atoms with Crippen LogP contribution < -0.4 is 10.6 Å². The summed E-state index contributed by atoms with van der Waals surface area (Å²) in [4.78, 5) is 14.6. The Morgan fingerprint density at radius 3 is 2.35 bits per heavy atom. The molecular weight excluding hydrogens is 304 g/mol. The van der Waals surface area contributed by atoms with Gasteiger partial charge in [0.05, 0.1) is 0 Å². The number of carbonyl (C=O) groups excluding carboxylic acids is 1. The molecule has 1 saturated heterocycles. The van der Waals surface area contributed by atoms with Crippen molar-refractivity contribution in [1.29, 1.82) is 0 Å². The van der Waals surface area contributed by atoms with Gasteiger partial charge in [0.25, 0.3) is 0 Å². The summed E-state index contributed by atoms with van der Waals surface area (Å²) in [6.07, 6.45) is 1.89. The summed E-state index contributed by atoms with van der Waals surface area (Å²) in [7, 11) is 0. The Balaban J connectivity index is 1.50. The lowest BCUT2D eigenvalue weighted by Crippen LogP contribution is -2.37. The first kappa shape index (κ1) is 16.1. The summed E-state index contributed by atoms with van der Waals surface area (Å²) in [6, 6.07) is 18.8. The molecule has 0 saturated carbocycles. The van der Waals surface area contributed by atoms with Gasteiger partial charge in [0.1, 0.15) is 0 Å². The van der Waals surface area contributed by atoms with Crippen molar-refractivity contribution in [2.75, 3.05) is 13.1 Å². The van der Waals surface area contributed by atoms with Gasteiger partial charge in [-0.05, 0) is 55.8 Å². The first-order valence-electron chi connectivity index (χ1n) is 8.11. The molecule has 1 aliphatic rings. The highest BCUT2D eigenvalue weighted by Crippen LogP contribution is 2.27. The van der Waals surface area contributed by atoms with Crippen LogP contribution in [0.1, 0.15) is 18.4 Å². The van der Waals surface area contributed by atoms with E-state index in [4.69, 9.17) is 0 Å². The quantitative estimate of drug-likeness (QED) is 0.884. The van der Waals surface area contributed by atoms with Crippen molar-refractivity contribution in [2.45, 2.75) is 29.2 Å². The van der Waals surface area contributed by atoms with E-state index < -0.39 is 0 Å². The molecule has 2 aromatic carbocycles. The lowest BCUT2D eigenvalue weighted by atomic mass is 9.97. The predicted octanol–water partition coefficient (Wildman–Crippen LogP) is 3.45. The number of hydrogen-bond donors (Lipinski definition) is 2. The summed E-state index contributed by atoms with van der Waals surface area (Å²) in [5.74, 6) is 0.360. The summed E-state index contributed by atoms with van der Waals surface area (Å²) in [6.45, 7) is 2.51. The Morgan fingerprint density at radius 1 is 1.00 bits per heavy atom. The van der Waals surface area contributed by atoms with E-state index in [0.29, 0.717) is 6.54 Å². The number of benzene rings is 2. The summed E-state index contributed by atoms with van der Waals surface area (Å²) >= 11 is 1.75. The van der Waals surface area contributed by atoms with Gasteiger partial charge in [0.15, 0.2) is 0 Å². The standard InChI is InChI=1S/C19H22N2OS/c22-19(16-10-12-20-13-11-16)21-14-15-6-8-18(9-7-15)23-17-4-2-1-3-5-17/h1-9,16,20H,10-14H2,(H,21,22). The van der Waals surface area contributed by atoms with Gasteiger partial charge in [0.2, 0.25) is 5.91 Å². The van der Waals surface area contributed by atoms with Crippen LogP contribution in [0.5, 0.6) is 0 Å². The van der Waals surface area contributed by atoms with Gasteiger partial charge in [0, 0.05) is 22.3 Å². The minimum Gasteiger partial charge on any atom is -0.352 e. The zero-order valence-electron chi connectivity index (χ0n) is 13.1. The molecule has 1 fully saturated rings. The van der Waals surface area contributed by atoms with E-state index in [1.165, 1.54) is 9.79 Å². The van der Waals surface area contributed by atoms with Crippen molar-refractivity contribution in [3.8, 4) is 0 Å². The third kappa shape index (κ3) is 4.85. The number of carbonyl (C=O) groups is 1. The molecule has 23 heavy (non-hydrogen) atoms. The fourth-order valence-electron chi connectivity index (χ4n) is 2.72. The molecule has 2 aromatic rings. The van der Waals surface area contributed by atoms with E-state index in [-0.39, 0.29) is 11.8 Å². The molecule has 0 bridgehead atoms. The maximum atomic E-state index is 12.1. The van der Waals surface area contributed by atoms with E-state index in [2.05, 4.69) is 47.0 Å². The molecule has 1 amide bonds. The summed E-state index contributed by atoms with van der Waals surface area (Å²) in [5.41, 5.74) is 1.14. The SMILES string of the molecule is O=C(NCc1ccc(Sc2ccccc2)cc1)C1CCNCC1. The molecule has 3 nitrogen and oxygen atoms in total. The van der Waals surface area contributed by atoms with Gasteiger partial charge in [-0.25, -0.2) is 0 Å². The van der Waals surface area contributed by atoms with Gasteiger partial charge >= 0.3 is 0 Å². The van der Waals surface area contributed by atoms with Crippen LogP contribution in [0.4, 0.5) is 0 Å². The van der Waals surface area contributed by atoms with Crippen LogP contribution in [-0.4, -0.2) is 19.0 Å². The lowest BCUT2D eigenvalue weighted by molar-refractivity contribution is -0.125. The highest BCUT2D eigenvalue weighted by Gasteiger charge is 2.20. The molecule has 0 unspecified atom stereocenters. The Kier molecular flexibility index (Phi) is 5.72. The monoisotopic (exact) mass is 326 g/mol. The molecule has 0 atom stereocenters. The first-order chi connectivity index (χ1) is 11.3. The van der Waals surface area contributed by atoms with E-state index in [1.54, 1.807) is 11.8 Å². The average molecular weight is 326 g/mol. The smallest absolute Gasteiger partial charge is 0.223 e. The van der Waals surface area contributed by atoms with E-state index in [0.717, 1.165) is 31.5 Å². The Hall–Kier alpha value is -1.78. The van der Waals surface area contributed by atoms with E-state index >= 15 is 0 Å². The fraction of sp³-hybridized carbons (Fsp3) is 0.316. The second-order valence-corrected chi connectivity index (χ2v) is 6.95. The second-order valence-electron chi connectivity index (χ2n) is 5.80.